The Morgan fingerprint density at radius 1 is 1.20 bits per heavy atom. The first-order valence-electron chi connectivity index (χ1n) is 9.42. The summed E-state index contributed by atoms with van der Waals surface area (Å²) in [6.07, 6.45) is 3.53. The van der Waals surface area contributed by atoms with Gasteiger partial charge < -0.3 is 14.8 Å². The maximum Gasteiger partial charge on any atom is 0.341 e. The quantitative estimate of drug-likeness (QED) is 0.702. The third-order valence-corrected chi connectivity index (χ3v) is 5.76. The van der Waals surface area contributed by atoms with Crippen molar-refractivity contribution in [1.82, 2.24) is 0 Å². The Morgan fingerprint density at radius 3 is 2.67 bits per heavy atom. The average molecular weight is 430 g/mol. The molecule has 7 nitrogen and oxygen atoms in total. The average Bonchev–Trinajstić information content (AvgIpc) is 3.09. The highest BCUT2D eigenvalue weighted by Crippen LogP contribution is 2.38. The molecule has 156 valence electrons. The molecule has 0 bridgehead atoms. The standard InChI is InChI=1S/C21H19FN2O5S/c1-2-28-21(27)18-14-5-3-4-6-16(14)30-19(18)24-17(25)11-29-20(26)13-8-7-12(10-23)9-15(13)22/h7-9H,2-6,11H2,1H3,(H,24,25). The van der Waals surface area contributed by atoms with Crippen molar-refractivity contribution in [2.75, 3.05) is 18.5 Å². The van der Waals surface area contributed by atoms with Gasteiger partial charge in [-0.25, -0.2) is 14.0 Å². The molecule has 0 spiro atoms. The number of rotatable bonds is 6. The van der Waals surface area contributed by atoms with Crippen molar-refractivity contribution in [3.63, 3.8) is 0 Å². The fourth-order valence-corrected chi connectivity index (χ4v) is 4.49. The van der Waals surface area contributed by atoms with Crippen LogP contribution < -0.4 is 5.32 Å². The number of halogens is 1. The summed E-state index contributed by atoms with van der Waals surface area (Å²) < 4.78 is 23.9. The van der Waals surface area contributed by atoms with Crippen molar-refractivity contribution in [2.45, 2.75) is 32.6 Å². The SMILES string of the molecule is CCOC(=O)c1c(NC(=O)COC(=O)c2ccc(C#N)cc2F)sc2c1CCCC2. The van der Waals surface area contributed by atoms with E-state index in [4.69, 9.17) is 14.7 Å². The molecular weight excluding hydrogens is 411 g/mol. The summed E-state index contributed by atoms with van der Waals surface area (Å²) in [7, 11) is 0. The van der Waals surface area contributed by atoms with Crippen LogP contribution in [0.2, 0.25) is 0 Å². The molecule has 0 fully saturated rings. The number of anilines is 1. The van der Waals surface area contributed by atoms with Crippen LogP contribution in [0.4, 0.5) is 9.39 Å². The number of aryl methyl sites for hydroxylation is 1. The molecule has 1 aliphatic rings. The highest BCUT2D eigenvalue weighted by Gasteiger charge is 2.27. The van der Waals surface area contributed by atoms with Gasteiger partial charge in [0, 0.05) is 4.88 Å². The molecule has 0 unspecified atom stereocenters. The van der Waals surface area contributed by atoms with Crippen LogP contribution in [0.1, 0.15) is 56.5 Å². The van der Waals surface area contributed by atoms with Crippen molar-refractivity contribution >= 4 is 34.2 Å². The molecule has 1 aromatic carbocycles. The molecule has 30 heavy (non-hydrogen) atoms. The van der Waals surface area contributed by atoms with Crippen molar-refractivity contribution in [3.05, 3.63) is 51.1 Å². The van der Waals surface area contributed by atoms with E-state index in [9.17, 15) is 18.8 Å². The minimum atomic E-state index is -1.02. The van der Waals surface area contributed by atoms with Gasteiger partial charge in [0.25, 0.3) is 5.91 Å². The lowest BCUT2D eigenvalue weighted by molar-refractivity contribution is -0.119. The number of carbonyl (C=O) groups is 3. The molecule has 1 aliphatic carbocycles. The summed E-state index contributed by atoms with van der Waals surface area (Å²) in [5, 5.41) is 11.7. The molecule has 1 aromatic heterocycles. The van der Waals surface area contributed by atoms with Gasteiger partial charge in [0.2, 0.25) is 0 Å². The number of nitrogens with zero attached hydrogens (tertiary/aromatic N) is 1. The van der Waals surface area contributed by atoms with Crippen molar-refractivity contribution in [3.8, 4) is 6.07 Å². The van der Waals surface area contributed by atoms with E-state index in [1.54, 1.807) is 13.0 Å². The first-order chi connectivity index (χ1) is 14.4. The third-order valence-electron chi connectivity index (χ3n) is 4.56. The topological polar surface area (TPSA) is 105 Å². The van der Waals surface area contributed by atoms with Gasteiger partial charge in [0.15, 0.2) is 6.61 Å². The van der Waals surface area contributed by atoms with Crippen molar-refractivity contribution in [1.29, 1.82) is 5.26 Å². The highest BCUT2D eigenvalue weighted by molar-refractivity contribution is 7.17. The fourth-order valence-electron chi connectivity index (χ4n) is 3.19. The number of thiophene rings is 1. The molecule has 1 heterocycles. The molecule has 3 rings (SSSR count). The zero-order valence-corrected chi connectivity index (χ0v) is 17.1. The highest BCUT2D eigenvalue weighted by atomic mass is 32.1. The smallest absolute Gasteiger partial charge is 0.341 e. The largest absolute Gasteiger partial charge is 0.462 e. The molecule has 0 radical (unpaired) electrons. The molecule has 0 saturated heterocycles. The fraction of sp³-hybridized carbons (Fsp3) is 0.333. The molecule has 1 amide bonds. The van der Waals surface area contributed by atoms with Crippen LogP contribution in [0.15, 0.2) is 18.2 Å². The monoisotopic (exact) mass is 430 g/mol. The summed E-state index contributed by atoms with van der Waals surface area (Å²) in [4.78, 5) is 37.8. The van der Waals surface area contributed by atoms with Crippen molar-refractivity contribution < 1.29 is 28.2 Å². The van der Waals surface area contributed by atoms with E-state index < -0.39 is 30.3 Å². The van der Waals surface area contributed by atoms with E-state index in [0.29, 0.717) is 10.6 Å². The number of esters is 2. The van der Waals surface area contributed by atoms with Gasteiger partial charge in [0.1, 0.15) is 10.8 Å². The predicted octanol–water partition coefficient (Wildman–Crippen LogP) is 3.61. The van der Waals surface area contributed by atoms with Crippen LogP contribution in [0.3, 0.4) is 0 Å². The number of fused-ring (bicyclic) bond motifs is 1. The van der Waals surface area contributed by atoms with E-state index in [1.807, 2.05) is 0 Å². The zero-order chi connectivity index (χ0) is 21.7. The first-order valence-corrected chi connectivity index (χ1v) is 10.2. The number of hydrogen-bond donors (Lipinski definition) is 1. The number of ether oxygens (including phenoxy) is 2. The van der Waals surface area contributed by atoms with Crippen LogP contribution in [0.25, 0.3) is 0 Å². The van der Waals surface area contributed by atoms with Gasteiger partial charge in [-0.15, -0.1) is 11.3 Å². The van der Waals surface area contributed by atoms with E-state index in [0.717, 1.165) is 48.3 Å². The number of benzene rings is 1. The molecule has 2 aromatic rings. The number of amides is 1. The number of carbonyl (C=O) groups excluding carboxylic acids is 3. The molecule has 0 atom stereocenters. The maximum absolute atomic E-state index is 13.9. The summed E-state index contributed by atoms with van der Waals surface area (Å²) >= 11 is 1.32. The Hall–Kier alpha value is -3.25. The van der Waals surface area contributed by atoms with Crippen LogP contribution in [0, 0.1) is 17.1 Å². The molecule has 9 heteroatoms. The van der Waals surface area contributed by atoms with Gasteiger partial charge in [-0.05, 0) is 56.4 Å². The van der Waals surface area contributed by atoms with Gasteiger partial charge in [-0.1, -0.05) is 0 Å². The lowest BCUT2D eigenvalue weighted by Gasteiger charge is -2.12. The van der Waals surface area contributed by atoms with Gasteiger partial charge in [-0.2, -0.15) is 5.26 Å². The van der Waals surface area contributed by atoms with Crippen molar-refractivity contribution in [2.24, 2.45) is 0 Å². The van der Waals surface area contributed by atoms with Crippen LogP contribution in [-0.2, 0) is 27.1 Å². The zero-order valence-electron chi connectivity index (χ0n) is 16.2. The Bertz CT molecular complexity index is 1040. The summed E-state index contributed by atoms with van der Waals surface area (Å²) in [5.74, 6) is -3.08. The number of nitrogens with one attached hydrogen (secondary N) is 1. The van der Waals surface area contributed by atoms with Crippen LogP contribution >= 0.6 is 11.3 Å². The van der Waals surface area contributed by atoms with E-state index in [2.05, 4.69) is 5.32 Å². The van der Waals surface area contributed by atoms with Crippen LogP contribution in [0.5, 0.6) is 0 Å². The third kappa shape index (κ3) is 4.66. The predicted molar refractivity (Wildman–Crippen MR) is 107 cm³/mol. The van der Waals surface area contributed by atoms with Gasteiger partial charge in [0.05, 0.1) is 29.4 Å². The summed E-state index contributed by atoms with van der Waals surface area (Å²) in [6, 6.07) is 5.08. The molecular formula is C21H19FN2O5S. The molecule has 0 aliphatic heterocycles. The first kappa shape index (κ1) is 21.5. The Balaban J connectivity index is 1.69. The summed E-state index contributed by atoms with van der Waals surface area (Å²) in [6.45, 7) is 1.27. The minimum Gasteiger partial charge on any atom is -0.462 e. The number of hydrogen-bond acceptors (Lipinski definition) is 7. The lowest BCUT2D eigenvalue weighted by atomic mass is 9.95. The van der Waals surface area contributed by atoms with E-state index in [1.165, 1.54) is 17.4 Å². The molecule has 0 saturated carbocycles. The Labute approximate surface area is 176 Å². The lowest BCUT2D eigenvalue weighted by Crippen LogP contribution is -2.22. The van der Waals surface area contributed by atoms with Crippen LogP contribution in [-0.4, -0.2) is 31.1 Å². The van der Waals surface area contributed by atoms with Gasteiger partial charge >= 0.3 is 11.9 Å². The van der Waals surface area contributed by atoms with Gasteiger partial charge in [-0.3, -0.25) is 4.79 Å². The molecule has 1 N–H and O–H groups in total. The van der Waals surface area contributed by atoms with E-state index in [-0.39, 0.29) is 17.7 Å². The summed E-state index contributed by atoms with van der Waals surface area (Å²) in [5.41, 5.74) is 0.946. The maximum atomic E-state index is 13.9. The Kier molecular flexibility index (Phi) is 6.79. The Morgan fingerprint density at radius 2 is 1.97 bits per heavy atom. The second kappa shape index (κ2) is 9.50. The number of nitriles is 1. The normalized spacial score (nSPS) is 12.4. The second-order valence-corrected chi connectivity index (χ2v) is 7.67. The minimum absolute atomic E-state index is 0.0648. The second-order valence-electron chi connectivity index (χ2n) is 6.57. The van der Waals surface area contributed by atoms with E-state index >= 15 is 0 Å².